The van der Waals surface area contributed by atoms with Gasteiger partial charge in [-0.2, -0.15) is 26.3 Å². The SMILES string of the molecule is Cl.FC(F)(F)c1ccc(C(F)(F)F)c([C@@H]2CNCCN2)c1. The lowest BCUT2D eigenvalue weighted by Gasteiger charge is -2.28. The Morgan fingerprint density at radius 3 is 2.10 bits per heavy atom. The first-order valence-corrected chi connectivity index (χ1v) is 5.92. The molecule has 1 saturated heterocycles. The number of alkyl halides is 6. The molecule has 2 N–H and O–H groups in total. The highest BCUT2D eigenvalue weighted by Gasteiger charge is 2.38. The molecule has 0 aromatic heterocycles. The largest absolute Gasteiger partial charge is 0.416 e. The molecule has 2 rings (SSSR count). The van der Waals surface area contributed by atoms with E-state index in [1.54, 1.807) is 0 Å². The third-order valence-corrected chi connectivity index (χ3v) is 3.10. The van der Waals surface area contributed by atoms with Crippen molar-refractivity contribution >= 4 is 12.4 Å². The average Bonchev–Trinajstić information content (AvgIpc) is 2.37. The van der Waals surface area contributed by atoms with Crippen LogP contribution < -0.4 is 10.6 Å². The molecule has 2 nitrogen and oxygen atoms in total. The van der Waals surface area contributed by atoms with Crippen molar-refractivity contribution in [3.05, 3.63) is 34.9 Å². The highest BCUT2D eigenvalue weighted by Crippen LogP contribution is 2.38. The zero-order valence-electron chi connectivity index (χ0n) is 10.6. The summed E-state index contributed by atoms with van der Waals surface area (Å²) in [6.45, 7) is 1.12. The monoisotopic (exact) mass is 334 g/mol. The minimum absolute atomic E-state index is 0. The predicted molar refractivity (Wildman–Crippen MR) is 67.3 cm³/mol. The Kier molecular flexibility index (Phi) is 5.51. The Balaban J connectivity index is 0.00000220. The van der Waals surface area contributed by atoms with E-state index in [0.29, 0.717) is 31.3 Å². The standard InChI is InChI=1S/C12H12F6N2.ClH/c13-11(14,15)7-1-2-9(12(16,17)18)8(5-7)10-6-19-3-4-20-10;/h1-2,5,10,19-20H,3-4,6H2;1H/t10-;/m0./s1. The van der Waals surface area contributed by atoms with Crippen molar-refractivity contribution in [1.82, 2.24) is 10.6 Å². The maximum Gasteiger partial charge on any atom is 0.416 e. The summed E-state index contributed by atoms with van der Waals surface area (Å²) in [6, 6.07) is 0.743. The Hall–Kier alpha value is -0.990. The van der Waals surface area contributed by atoms with Crippen LogP contribution >= 0.6 is 12.4 Å². The van der Waals surface area contributed by atoms with Crippen molar-refractivity contribution < 1.29 is 26.3 Å². The summed E-state index contributed by atoms with van der Waals surface area (Å²) in [5.41, 5.74) is -2.49. The van der Waals surface area contributed by atoms with Crippen LogP contribution in [0.5, 0.6) is 0 Å². The molecule has 1 aliphatic rings. The third kappa shape index (κ3) is 4.24. The smallest absolute Gasteiger partial charge is 0.314 e. The molecule has 0 bridgehead atoms. The lowest BCUT2D eigenvalue weighted by atomic mass is 9.96. The second-order valence-corrected chi connectivity index (χ2v) is 4.51. The maximum atomic E-state index is 12.9. The van der Waals surface area contributed by atoms with Crippen molar-refractivity contribution in [1.29, 1.82) is 0 Å². The number of benzene rings is 1. The van der Waals surface area contributed by atoms with Crippen LogP contribution in [0.2, 0.25) is 0 Å². The quantitative estimate of drug-likeness (QED) is 0.769. The van der Waals surface area contributed by atoms with Gasteiger partial charge in [-0.25, -0.2) is 0 Å². The van der Waals surface area contributed by atoms with E-state index in [1.807, 2.05) is 0 Å². The van der Waals surface area contributed by atoms with Crippen LogP contribution in [0.4, 0.5) is 26.3 Å². The molecule has 1 aromatic rings. The average molecular weight is 335 g/mol. The summed E-state index contributed by atoms with van der Waals surface area (Å²) < 4.78 is 76.6. The molecule has 1 atom stereocenters. The molecule has 1 fully saturated rings. The van der Waals surface area contributed by atoms with Gasteiger partial charge in [0.15, 0.2) is 0 Å². The fraction of sp³-hybridized carbons (Fsp3) is 0.500. The van der Waals surface area contributed by atoms with Crippen molar-refractivity contribution in [3.8, 4) is 0 Å². The third-order valence-electron chi connectivity index (χ3n) is 3.10. The summed E-state index contributed by atoms with van der Waals surface area (Å²) >= 11 is 0. The van der Waals surface area contributed by atoms with Crippen molar-refractivity contribution in [2.45, 2.75) is 18.4 Å². The van der Waals surface area contributed by atoms with Crippen LogP contribution in [-0.2, 0) is 12.4 Å². The van der Waals surface area contributed by atoms with E-state index in [1.165, 1.54) is 0 Å². The molecule has 1 aromatic carbocycles. The molecular weight excluding hydrogens is 322 g/mol. The predicted octanol–water partition coefficient (Wildman–Crippen LogP) is 3.38. The van der Waals surface area contributed by atoms with Crippen LogP contribution in [0.25, 0.3) is 0 Å². The highest BCUT2D eigenvalue weighted by molar-refractivity contribution is 5.85. The first-order chi connectivity index (χ1) is 9.19. The molecule has 21 heavy (non-hydrogen) atoms. The number of halogens is 7. The first kappa shape index (κ1) is 18.1. The van der Waals surface area contributed by atoms with Crippen LogP contribution in [-0.4, -0.2) is 19.6 Å². The lowest BCUT2D eigenvalue weighted by Crippen LogP contribution is -2.43. The Morgan fingerprint density at radius 1 is 0.952 bits per heavy atom. The van der Waals surface area contributed by atoms with E-state index >= 15 is 0 Å². The Labute approximate surface area is 123 Å². The molecule has 0 spiro atoms. The number of hydrogen-bond donors (Lipinski definition) is 2. The zero-order valence-corrected chi connectivity index (χ0v) is 11.4. The van der Waals surface area contributed by atoms with Gasteiger partial charge in [-0.1, -0.05) is 0 Å². The molecular formula is C12H13ClF6N2. The van der Waals surface area contributed by atoms with Crippen LogP contribution in [0.15, 0.2) is 18.2 Å². The molecule has 1 aliphatic heterocycles. The van der Waals surface area contributed by atoms with Crippen LogP contribution in [0.1, 0.15) is 22.7 Å². The van der Waals surface area contributed by atoms with Gasteiger partial charge in [0, 0.05) is 25.7 Å². The molecule has 120 valence electrons. The van der Waals surface area contributed by atoms with Gasteiger partial charge in [0.1, 0.15) is 0 Å². The van der Waals surface area contributed by atoms with E-state index in [9.17, 15) is 26.3 Å². The van der Waals surface area contributed by atoms with Gasteiger partial charge < -0.3 is 10.6 Å². The van der Waals surface area contributed by atoms with Gasteiger partial charge in [-0.05, 0) is 23.8 Å². The van der Waals surface area contributed by atoms with Gasteiger partial charge in [0.25, 0.3) is 0 Å². The minimum atomic E-state index is -4.68. The fourth-order valence-corrected chi connectivity index (χ4v) is 2.16. The summed E-state index contributed by atoms with van der Waals surface area (Å²) in [4.78, 5) is 0. The van der Waals surface area contributed by atoms with Crippen LogP contribution in [0.3, 0.4) is 0 Å². The molecule has 1 heterocycles. The minimum Gasteiger partial charge on any atom is -0.314 e. The van der Waals surface area contributed by atoms with E-state index in [0.717, 1.165) is 0 Å². The number of piperazine rings is 1. The van der Waals surface area contributed by atoms with Gasteiger partial charge in [0.2, 0.25) is 0 Å². The first-order valence-electron chi connectivity index (χ1n) is 5.92. The van der Waals surface area contributed by atoms with E-state index in [-0.39, 0.29) is 24.5 Å². The highest BCUT2D eigenvalue weighted by atomic mass is 35.5. The fourth-order valence-electron chi connectivity index (χ4n) is 2.16. The van der Waals surface area contributed by atoms with Crippen molar-refractivity contribution in [3.63, 3.8) is 0 Å². The molecule has 0 aliphatic carbocycles. The molecule has 0 amide bonds. The van der Waals surface area contributed by atoms with E-state index < -0.39 is 29.5 Å². The molecule has 0 unspecified atom stereocenters. The lowest BCUT2D eigenvalue weighted by molar-refractivity contribution is -0.142. The number of nitrogens with one attached hydrogen (secondary N) is 2. The van der Waals surface area contributed by atoms with E-state index in [2.05, 4.69) is 10.6 Å². The second-order valence-electron chi connectivity index (χ2n) is 4.51. The zero-order chi connectivity index (χ0) is 15.0. The summed E-state index contributed by atoms with van der Waals surface area (Å²) in [5.74, 6) is 0. The number of rotatable bonds is 1. The normalized spacial score (nSPS) is 20.0. The van der Waals surface area contributed by atoms with Gasteiger partial charge in [-0.3, -0.25) is 0 Å². The molecule has 0 saturated carbocycles. The van der Waals surface area contributed by atoms with Crippen molar-refractivity contribution in [2.75, 3.05) is 19.6 Å². The maximum absolute atomic E-state index is 12.9. The topological polar surface area (TPSA) is 24.1 Å². The van der Waals surface area contributed by atoms with E-state index in [4.69, 9.17) is 0 Å². The van der Waals surface area contributed by atoms with Gasteiger partial charge >= 0.3 is 12.4 Å². The summed E-state index contributed by atoms with van der Waals surface area (Å²) in [6.07, 6.45) is -9.35. The van der Waals surface area contributed by atoms with Gasteiger partial charge in [-0.15, -0.1) is 12.4 Å². The summed E-state index contributed by atoms with van der Waals surface area (Å²) in [5, 5.41) is 5.66. The Bertz CT molecular complexity index is 480. The molecule has 9 heteroatoms. The van der Waals surface area contributed by atoms with Gasteiger partial charge in [0.05, 0.1) is 11.1 Å². The summed E-state index contributed by atoms with van der Waals surface area (Å²) in [7, 11) is 0. The number of hydrogen-bond acceptors (Lipinski definition) is 2. The molecule has 0 radical (unpaired) electrons. The second kappa shape index (κ2) is 6.41. The van der Waals surface area contributed by atoms with Crippen LogP contribution in [0, 0.1) is 0 Å². The Morgan fingerprint density at radius 2 is 1.62 bits per heavy atom. The van der Waals surface area contributed by atoms with Crippen molar-refractivity contribution in [2.24, 2.45) is 0 Å².